The average Bonchev–Trinajstić information content (AvgIpc) is 2.63. The Labute approximate surface area is 138 Å². The lowest BCUT2D eigenvalue weighted by Crippen LogP contribution is -2.39. The molecule has 0 amide bonds. The molecule has 1 aromatic heterocycles. The van der Waals surface area contributed by atoms with E-state index < -0.39 is 0 Å². The molecule has 0 bridgehead atoms. The zero-order valence-corrected chi connectivity index (χ0v) is 15.3. The van der Waals surface area contributed by atoms with Gasteiger partial charge in [0.25, 0.3) is 0 Å². The van der Waals surface area contributed by atoms with Crippen molar-refractivity contribution in [3.63, 3.8) is 0 Å². The van der Waals surface area contributed by atoms with Crippen LogP contribution in [0.3, 0.4) is 0 Å². The molecule has 0 fully saturated rings. The molecule has 0 unspecified atom stereocenters. The number of methoxy groups -OCH3 is 1. The Morgan fingerprint density at radius 2 is 1.95 bits per heavy atom. The number of aromatic nitrogens is 2. The number of hydrogen-bond acceptors (Lipinski definition) is 3. The molecule has 0 spiro atoms. The molecular weight excluding hydrogens is 369 g/mol. The Balaban J connectivity index is 0.00000361. The molecule has 7 heteroatoms. The van der Waals surface area contributed by atoms with E-state index in [1.54, 1.807) is 14.2 Å². The summed E-state index contributed by atoms with van der Waals surface area (Å²) >= 11 is 0. The van der Waals surface area contributed by atoms with Gasteiger partial charge in [0, 0.05) is 40.0 Å². The van der Waals surface area contributed by atoms with Gasteiger partial charge in [0.05, 0.1) is 12.3 Å². The highest BCUT2D eigenvalue weighted by atomic mass is 127. The SMILES string of the molecule is CN=C(NCCOC)NCCc1c(C)nn(C)c1C.I. The van der Waals surface area contributed by atoms with Crippen molar-refractivity contribution >= 4 is 29.9 Å². The molecule has 116 valence electrons. The van der Waals surface area contributed by atoms with E-state index in [-0.39, 0.29) is 24.0 Å². The summed E-state index contributed by atoms with van der Waals surface area (Å²) in [5.74, 6) is 0.802. The van der Waals surface area contributed by atoms with Gasteiger partial charge in [0.15, 0.2) is 5.96 Å². The van der Waals surface area contributed by atoms with E-state index >= 15 is 0 Å². The van der Waals surface area contributed by atoms with Crippen LogP contribution in [0, 0.1) is 13.8 Å². The van der Waals surface area contributed by atoms with Gasteiger partial charge in [0.1, 0.15) is 0 Å². The normalized spacial score (nSPS) is 11.2. The summed E-state index contributed by atoms with van der Waals surface area (Å²) in [6, 6.07) is 0. The fourth-order valence-corrected chi connectivity index (χ4v) is 1.98. The molecule has 0 aliphatic carbocycles. The molecule has 1 aromatic rings. The first-order valence-electron chi connectivity index (χ1n) is 6.52. The highest BCUT2D eigenvalue weighted by Crippen LogP contribution is 2.11. The van der Waals surface area contributed by atoms with Gasteiger partial charge in [-0.2, -0.15) is 5.10 Å². The maximum absolute atomic E-state index is 4.99. The average molecular weight is 395 g/mol. The van der Waals surface area contributed by atoms with Gasteiger partial charge in [0.2, 0.25) is 0 Å². The van der Waals surface area contributed by atoms with Crippen molar-refractivity contribution in [1.29, 1.82) is 0 Å². The van der Waals surface area contributed by atoms with Crippen LogP contribution in [0.1, 0.15) is 17.0 Å². The Morgan fingerprint density at radius 1 is 1.30 bits per heavy atom. The smallest absolute Gasteiger partial charge is 0.191 e. The Morgan fingerprint density at radius 3 is 2.45 bits per heavy atom. The van der Waals surface area contributed by atoms with Crippen molar-refractivity contribution in [3.8, 4) is 0 Å². The van der Waals surface area contributed by atoms with Gasteiger partial charge >= 0.3 is 0 Å². The third kappa shape index (κ3) is 5.66. The van der Waals surface area contributed by atoms with Gasteiger partial charge in [-0.25, -0.2) is 0 Å². The number of ether oxygens (including phenoxy) is 1. The maximum atomic E-state index is 4.99. The van der Waals surface area contributed by atoms with Crippen LogP contribution in [0.15, 0.2) is 4.99 Å². The lowest BCUT2D eigenvalue weighted by Gasteiger charge is -2.11. The Bertz CT molecular complexity index is 431. The minimum atomic E-state index is 0. The Kier molecular flexibility index (Phi) is 9.56. The summed E-state index contributed by atoms with van der Waals surface area (Å²) in [6.07, 6.45) is 0.941. The van der Waals surface area contributed by atoms with Gasteiger partial charge in [-0.3, -0.25) is 9.67 Å². The Hall–Kier alpha value is -0.830. The first kappa shape index (κ1) is 19.2. The third-order valence-corrected chi connectivity index (χ3v) is 3.15. The topological polar surface area (TPSA) is 63.5 Å². The van der Waals surface area contributed by atoms with Crippen LogP contribution in [0.5, 0.6) is 0 Å². The number of nitrogens with one attached hydrogen (secondary N) is 2. The van der Waals surface area contributed by atoms with E-state index in [0.717, 1.165) is 31.2 Å². The summed E-state index contributed by atoms with van der Waals surface area (Å²) in [7, 11) is 5.43. The lowest BCUT2D eigenvalue weighted by atomic mass is 10.1. The number of nitrogens with zero attached hydrogens (tertiary/aromatic N) is 3. The standard InChI is InChI=1S/C13H25N5O.HI/c1-10-12(11(2)18(4)17-10)6-7-15-13(14-3)16-8-9-19-5;/h6-9H2,1-5H3,(H2,14,15,16);1H. The second-order valence-corrected chi connectivity index (χ2v) is 4.44. The van der Waals surface area contributed by atoms with Crippen molar-refractivity contribution in [3.05, 3.63) is 17.0 Å². The number of aliphatic imine (C=N–C) groups is 1. The first-order valence-corrected chi connectivity index (χ1v) is 6.52. The number of guanidine groups is 1. The fraction of sp³-hybridized carbons (Fsp3) is 0.692. The zero-order chi connectivity index (χ0) is 14.3. The maximum Gasteiger partial charge on any atom is 0.191 e. The van der Waals surface area contributed by atoms with E-state index in [9.17, 15) is 0 Å². The van der Waals surface area contributed by atoms with Crippen LogP contribution in [0.4, 0.5) is 0 Å². The van der Waals surface area contributed by atoms with Crippen molar-refractivity contribution in [2.24, 2.45) is 12.0 Å². The molecule has 0 saturated heterocycles. The van der Waals surface area contributed by atoms with Crippen LogP contribution < -0.4 is 10.6 Å². The van der Waals surface area contributed by atoms with Crippen LogP contribution in [0.2, 0.25) is 0 Å². The van der Waals surface area contributed by atoms with E-state index in [4.69, 9.17) is 4.74 Å². The van der Waals surface area contributed by atoms with Crippen LogP contribution in [-0.4, -0.2) is 49.6 Å². The molecule has 0 aromatic carbocycles. The predicted octanol–water partition coefficient (Wildman–Crippen LogP) is 1.01. The zero-order valence-electron chi connectivity index (χ0n) is 13.0. The molecule has 0 radical (unpaired) electrons. The predicted molar refractivity (Wildman–Crippen MR) is 93.0 cm³/mol. The van der Waals surface area contributed by atoms with Crippen LogP contribution in [-0.2, 0) is 18.2 Å². The lowest BCUT2D eigenvalue weighted by molar-refractivity contribution is 0.203. The molecule has 1 rings (SSSR count). The molecule has 0 aliphatic heterocycles. The largest absolute Gasteiger partial charge is 0.383 e. The van der Waals surface area contributed by atoms with Crippen molar-refractivity contribution in [2.45, 2.75) is 20.3 Å². The van der Waals surface area contributed by atoms with E-state index in [2.05, 4.69) is 27.6 Å². The van der Waals surface area contributed by atoms with E-state index in [0.29, 0.717) is 6.61 Å². The van der Waals surface area contributed by atoms with Crippen molar-refractivity contribution in [1.82, 2.24) is 20.4 Å². The minimum absolute atomic E-state index is 0. The molecule has 2 N–H and O–H groups in total. The quantitative estimate of drug-likeness (QED) is 0.327. The molecule has 0 aliphatic rings. The number of aryl methyl sites for hydroxylation is 2. The molecule has 6 nitrogen and oxygen atoms in total. The summed E-state index contributed by atoms with van der Waals surface area (Å²) in [5.41, 5.74) is 3.63. The number of rotatable bonds is 6. The fourth-order valence-electron chi connectivity index (χ4n) is 1.98. The second kappa shape index (κ2) is 9.98. The summed E-state index contributed by atoms with van der Waals surface area (Å²) in [4.78, 5) is 4.16. The summed E-state index contributed by atoms with van der Waals surface area (Å²) in [5, 5.41) is 10.9. The summed E-state index contributed by atoms with van der Waals surface area (Å²) < 4.78 is 6.92. The molecule has 1 heterocycles. The molecule has 20 heavy (non-hydrogen) atoms. The van der Waals surface area contributed by atoms with E-state index in [1.165, 1.54) is 11.3 Å². The van der Waals surface area contributed by atoms with Gasteiger partial charge in [-0.15, -0.1) is 24.0 Å². The van der Waals surface area contributed by atoms with E-state index in [1.807, 2.05) is 18.7 Å². The minimum Gasteiger partial charge on any atom is -0.383 e. The van der Waals surface area contributed by atoms with Gasteiger partial charge in [-0.1, -0.05) is 0 Å². The number of halogens is 1. The second-order valence-electron chi connectivity index (χ2n) is 4.44. The van der Waals surface area contributed by atoms with Gasteiger partial charge in [-0.05, 0) is 25.8 Å². The monoisotopic (exact) mass is 395 g/mol. The highest BCUT2D eigenvalue weighted by Gasteiger charge is 2.08. The number of hydrogen-bond donors (Lipinski definition) is 2. The van der Waals surface area contributed by atoms with Crippen LogP contribution >= 0.6 is 24.0 Å². The molecular formula is C13H26IN5O. The van der Waals surface area contributed by atoms with Gasteiger partial charge < -0.3 is 15.4 Å². The first-order chi connectivity index (χ1) is 9.10. The molecule has 0 atom stereocenters. The van der Waals surface area contributed by atoms with Crippen molar-refractivity contribution in [2.75, 3.05) is 33.9 Å². The highest BCUT2D eigenvalue weighted by molar-refractivity contribution is 14.0. The summed E-state index contributed by atoms with van der Waals surface area (Å²) in [6.45, 7) is 6.40. The third-order valence-electron chi connectivity index (χ3n) is 3.15. The van der Waals surface area contributed by atoms with Crippen molar-refractivity contribution < 1.29 is 4.74 Å². The molecule has 0 saturated carbocycles. The van der Waals surface area contributed by atoms with Crippen LogP contribution in [0.25, 0.3) is 0 Å².